The molecule has 2 rings (SSSR count). The zero-order chi connectivity index (χ0) is 9.80. The number of hydrogen-bond acceptors (Lipinski definition) is 1. The van der Waals surface area contributed by atoms with Crippen LogP contribution in [0.3, 0.4) is 0 Å². The molecule has 2 heterocycles. The average Bonchev–Trinajstić information content (AvgIpc) is 2.80. The van der Waals surface area contributed by atoms with E-state index in [0.29, 0.717) is 0 Å². The van der Waals surface area contributed by atoms with Gasteiger partial charge < -0.3 is 9.88 Å². The second kappa shape index (κ2) is 4.65. The first-order valence-electron chi connectivity index (χ1n) is 5.77. The molecule has 0 aliphatic carbocycles. The van der Waals surface area contributed by atoms with Crippen LogP contribution in [0.5, 0.6) is 0 Å². The molecule has 0 bridgehead atoms. The van der Waals surface area contributed by atoms with E-state index in [-0.39, 0.29) is 0 Å². The van der Waals surface area contributed by atoms with Gasteiger partial charge >= 0.3 is 0 Å². The summed E-state index contributed by atoms with van der Waals surface area (Å²) in [6.07, 6.45) is 7.32. The van der Waals surface area contributed by atoms with E-state index in [1.165, 1.54) is 37.9 Å². The first kappa shape index (κ1) is 9.78. The van der Waals surface area contributed by atoms with Gasteiger partial charge in [0.2, 0.25) is 0 Å². The molecule has 14 heavy (non-hydrogen) atoms. The van der Waals surface area contributed by atoms with Crippen molar-refractivity contribution in [3.63, 3.8) is 0 Å². The summed E-state index contributed by atoms with van der Waals surface area (Å²) >= 11 is 0. The summed E-state index contributed by atoms with van der Waals surface area (Å²) in [7, 11) is 0. The minimum Gasteiger partial charge on any atom is -0.351 e. The van der Waals surface area contributed by atoms with E-state index in [1.54, 1.807) is 0 Å². The number of hydrogen-bond donors (Lipinski definition) is 1. The van der Waals surface area contributed by atoms with Crippen LogP contribution < -0.4 is 5.32 Å². The van der Waals surface area contributed by atoms with Crippen LogP contribution in [0.15, 0.2) is 18.3 Å². The van der Waals surface area contributed by atoms with Crippen LogP contribution in [0, 0.1) is 0 Å². The second-order valence-electron chi connectivity index (χ2n) is 4.19. The Balaban J connectivity index is 1.96. The molecule has 2 nitrogen and oxygen atoms in total. The fourth-order valence-corrected chi connectivity index (χ4v) is 2.28. The molecule has 0 radical (unpaired) electrons. The molecule has 1 N–H and O–H groups in total. The van der Waals surface area contributed by atoms with Gasteiger partial charge in [0.25, 0.3) is 0 Å². The third-order valence-electron chi connectivity index (χ3n) is 3.01. The maximum Gasteiger partial charge on any atom is 0.0219 e. The van der Waals surface area contributed by atoms with Crippen molar-refractivity contribution in [1.29, 1.82) is 0 Å². The minimum atomic E-state index is 0.723. The average molecular weight is 192 g/mol. The van der Waals surface area contributed by atoms with Crippen molar-refractivity contribution in [3.05, 3.63) is 24.0 Å². The molecule has 1 aliphatic rings. The van der Waals surface area contributed by atoms with Crippen LogP contribution in [0.4, 0.5) is 0 Å². The highest BCUT2D eigenvalue weighted by Crippen LogP contribution is 2.13. The van der Waals surface area contributed by atoms with Crippen LogP contribution in [0.1, 0.15) is 31.9 Å². The molecule has 0 spiro atoms. The summed E-state index contributed by atoms with van der Waals surface area (Å²) in [6.45, 7) is 4.60. The topological polar surface area (TPSA) is 17.0 Å². The molecular formula is C12H20N2. The molecule has 0 aromatic carbocycles. The van der Waals surface area contributed by atoms with Crippen molar-refractivity contribution < 1.29 is 0 Å². The molecule has 1 atom stereocenters. The van der Waals surface area contributed by atoms with Gasteiger partial charge in [-0.15, -0.1) is 0 Å². The minimum absolute atomic E-state index is 0.723. The third kappa shape index (κ3) is 2.18. The van der Waals surface area contributed by atoms with E-state index < -0.39 is 0 Å². The molecule has 2 heteroatoms. The normalized spacial score (nSPS) is 21.6. The summed E-state index contributed by atoms with van der Waals surface area (Å²) in [5, 5.41) is 3.55. The van der Waals surface area contributed by atoms with Gasteiger partial charge in [0.05, 0.1) is 0 Å². The molecule has 1 aliphatic heterocycles. The van der Waals surface area contributed by atoms with Gasteiger partial charge in [-0.25, -0.2) is 0 Å². The van der Waals surface area contributed by atoms with Crippen LogP contribution in [-0.4, -0.2) is 17.2 Å². The fourth-order valence-electron chi connectivity index (χ4n) is 2.28. The lowest BCUT2D eigenvalue weighted by Gasteiger charge is -2.12. The van der Waals surface area contributed by atoms with Crippen molar-refractivity contribution in [2.75, 3.05) is 6.54 Å². The molecule has 1 unspecified atom stereocenters. The Hall–Kier alpha value is -0.760. The number of aromatic nitrogens is 1. The Kier molecular flexibility index (Phi) is 3.25. The van der Waals surface area contributed by atoms with Crippen molar-refractivity contribution in [1.82, 2.24) is 9.88 Å². The Morgan fingerprint density at radius 3 is 3.21 bits per heavy atom. The first-order valence-corrected chi connectivity index (χ1v) is 5.77. The largest absolute Gasteiger partial charge is 0.351 e. The highest BCUT2D eigenvalue weighted by atomic mass is 15.0. The van der Waals surface area contributed by atoms with Gasteiger partial charge in [-0.1, -0.05) is 6.92 Å². The van der Waals surface area contributed by atoms with E-state index in [0.717, 1.165) is 12.6 Å². The van der Waals surface area contributed by atoms with Crippen molar-refractivity contribution in [2.45, 2.75) is 45.2 Å². The molecule has 1 saturated heterocycles. The lowest BCUT2D eigenvalue weighted by Crippen LogP contribution is -2.24. The van der Waals surface area contributed by atoms with Gasteiger partial charge in [0.1, 0.15) is 0 Å². The highest BCUT2D eigenvalue weighted by Gasteiger charge is 2.15. The first-order chi connectivity index (χ1) is 6.90. The van der Waals surface area contributed by atoms with Gasteiger partial charge in [-0.3, -0.25) is 0 Å². The molecule has 1 aromatic rings. The van der Waals surface area contributed by atoms with E-state index in [1.807, 2.05) is 0 Å². The standard InChI is InChI=1S/C12H20N2/c1-2-8-14-9-4-6-12(14)10-11-5-3-7-13-11/h4,6,9,11,13H,2-3,5,7-8,10H2,1H3. The highest BCUT2D eigenvalue weighted by molar-refractivity contribution is 5.09. The van der Waals surface area contributed by atoms with Crippen LogP contribution >= 0.6 is 0 Å². The van der Waals surface area contributed by atoms with Gasteiger partial charge in [-0.05, 0) is 37.9 Å². The predicted octanol–water partition coefficient (Wildman–Crippen LogP) is 2.19. The summed E-state index contributed by atoms with van der Waals surface area (Å²) in [5.41, 5.74) is 1.49. The molecule has 1 aromatic heterocycles. The van der Waals surface area contributed by atoms with E-state index in [2.05, 4.69) is 35.1 Å². The molecule has 0 saturated carbocycles. The molecule has 78 valence electrons. The van der Waals surface area contributed by atoms with Crippen LogP contribution in [0.25, 0.3) is 0 Å². The smallest absolute Gasteiger partial charge is 0.0219 e. The third-order valence-corrected chi connectivity index (χ3v) is 3.01. The Morgan fingerprint density at radius 1 is 1.57 bits per heavy atom. The lowest BCUT2D eigenvalue weighted by molar-refractivity contribution is 0.561. The van der Waals surface area contributed by atoms with E-state index in [9.17, 15) is 0 Å². The Labute approximate surface area is 86.3 Å². The SMILES string of the molecule is CCCn1cccc1CC1CCCN1. The summed E-state index contributed by atoms with van der Waals surface area (Å²) in [5.74, 6) is 0. The molecular weight excluding hydrogens is 172 g/mol. The number of nitrogens with one attached hydrogen (secondary N) is 1. The number of aryl methyl sites for hydroxylation is 1. The van der Waals surface area contributed by atoms with Crippen molar-refractivity contribution in [2.24, 2.45) is 0 Å². The van der Waals surface area contributed by atoms with Crippen molar-refractivity contribution >= 4 is 0 Å². The lowest BCUT2D eigenvalue weighted by atomic mass is 10.1. The van der Waals surface area contributed by atoms with Crippen LogP contribution in [0.2, 0.25) is 0 Å². The summed E-state index contributed by atoms with van der Waals surface area (Å²) in [4.78, 5) is 0. The quantitative estimate of drug-likeness (QED) is 0.774. The van der Waals surface area contributed by atoms with Gasteiger partial charge in [-0.2, -0.15) is 0 Å². The maximum atomic E-state index is 3.55. The summed E-state index contributed by atoms with van der Waals surface area (Å²) in [6, 6.07) is 5.15. The number of rotatable bonds is 4. The zero-order valence-electron chi connectivity index (χ0n) is 9.00. The van der Waals surface area contributed by atoms with Crippen molar-refractivity contribution in [3.8, 4) is 0 Å². The summed E-state index contributed by atoms with van der Waals surface area (Å²) < 4.78 is 2.39. The maximum absolute atomic E-state index is 3.55. The Morgan fingerprint density at radius 2 is 2.50 bits per heavy atom. The molecule has 0 amide bonds. The van der Waals surface area contributed by atoms with Crippen LogP contribution in [-0.2, 0) is 13.0 Å². The zero-order valence-corrected chi connectivity index (χ0v) is 9.00. The van der Waals surface area contributed by atoms with Gasteiger partial charge in [0, 0.05) is 30.9 Å². The second-order valence-corrected chi connectivity index (χ2v) is 4.19. The monoisotopic (exact) mass is 192 g/mol. The molecule has 1 fully saturated rings. The van der Waals surface area contributed by atoms with E-state index in [4.69, 9.17) is 0 Å². The Bertz CT molecular complexity index is 272. The number of nitrogens with zero attached hydrogens (tertiary/aromatic N) is 1. The van der Waals surface area contributed by atoms with Gasteiger partial charge in [0.15, 0.2) is 0 Å². The predicted molar refractivity (Wildman–Crippen MR) is 59.5 cm³/mol. The fraction of sp³-hybridized carbons (Fsp3) is 0.667. The van der Waals surface area contributed by atoms with E-state index >= 15 is 0 Å².